The van der Waals surface area contributed by atoms with E-state index in [1.807, 2.05) is 0 Å². The van der Waals surface area contributed by atoms with Gasteiger partial charge in [0.1, 0.15) is 6.61 Å². The number of nitrogens with one attached hydrogen (secondary N) is 1. The second-order valence-electron chi connectivity index (χ2n) is 2.21. The van der Waals surface area contributed by atoms with Gasteiger partial charge in [0, 0.05) is 6.92 Å². The number of carbonyl (C=O) groups excluding carboxylic acids is 3. The maximum atomic E-state index is 10.7. The van der Waals surface area contributed by atoms with Gasteiger partial charge in [0.15, 0.2) is 6.04 Å². The van der Waals surface area contributed by atoms with E-state index in [1.165, 1.54) is 6.92 Å². The highest BCUT2D eigenvalue weighted by Gasteiger charge is 2.32. The summed E-state index contributed by atoms with van der Waals surface area (Å²) in [5.41, 5.74) is 0. The van der Waals surface area contributed by atoms with E-state index in [0.717, 1.165) is 0 Å². The van der Waals surface area contributed by atoms with Crippen LogP contribution in [0.5, 0.6) is 0 Å². The SMILES string of the molecule is CC(=O)OC[C@@H]1NC(=O)OC1=O. The fourth-order valence-electron chi connectivity index (χ4n) is 0.704. The summed E-state index contributed by atoms with van der Waals surface area (Å²) in [4.78, 5) is 31.4. The Labute approximate surface area is 67.8 Å². The number of carbonyl (C=O) groups is 3. The maximum absolute atomic E-state index is 10.7. The van der Waals surface area contributed by atoms with Gasteiger partial charge in [0.25, 0.3) is 0 Å². The quantitative estimate of drug-likeness (QED) is 0.436. The zero-order chi connectivity index (χ0) is 9.14. The highest BCUT2D eigenvalue weighted by molar-refractivity contribution is 5.95. The predicted octanol–water partition coefficient (Wildman–Crippen LogP) is -0.816. The van der Waals surface area contributed by atoms with E-state index in [4.69, 9.17) is 0 Å². The van der Waals surface area contributed by atoms with Gasteiger partial charge < -0.3 is 14.8 Å². The van der Waals surface area contributed by atoms with E-state index < -0.39 is 24.1 Å². The molecule has 1 N–H and O–H groups in total. The van der Waals surface area contributed by atoms with Gasteiger partial charge in [-0.05, 0) is 0 Å². The first-order valence-corrected chi connectivity index (χ1v) is 3.25. The average molecular weight is 173 g/mol. The number of alkyl carbamates (subject to hydrolysis) is 1. The van der Waals surface area contributed by atoms with Crippen molar-refractivity contribution in [1.29, 1.82) is 0 Å². The van der Waals surface area contributed by atoms with Crippen LogP contribution in [-0.4, -0.2) is 30.7 Å². The molecule has 1 fully saturated rings. The summed E-state index contributed by atoms with van der Waals surface area (Å²) in [5.74, 6) is -1.23. The zero-order valence-corrected chi connectivity index (χ0v) is 6.33. The van der Waals surface area contributed by atoms with Gasteiger partial charge >= 0.3 is 18.0 Å². The third-order valence-electron chi connectivity index (χ3n) is 1.22. The molecule has 1 amide bonds. The molecule has 0 radical (unpaired) electrons. The molecule has 1 saturated heterocycles. The number of rotatable bonds is 2. The summed E-state index contributed by atoms with van der Waals surface area (Å²) in [6.45, 7) is 1.03. The molecule has 1 rings (SSSR count). The molecule has 1 aliphatic rings. The van der Waals surface area contributed by atoms with Crippen LogP contribution in [0.2, 0.25) is 0 Å². The molecular formula is C6H7NO5. The van der Waals surface area contributed by atoms with E-state index in [-0.39, 0.29) is 6.61 Å². The Morgan fingerprint density at radius 1 is 1.67 bits per heavy atom. The number of hydrogen-bond donors (Lipinski definition) is 1. The average Bonchev–Trinajstić information content (AvgIpc) is 2.26. The lowest BCUT2D eigenvalue weighted by Crippen LogP contribution is -2.34. The van der Waals surface area contributed by atoms with Gasteiger partial charge in [0.2, 0.25) is 0 Å². The van der Waals surface area contributed by atoms with Crippen LogP contribution in [-0.2, 0) is 19.1 Å². The topological polar surface area (TPSA) is 81.7 Å². The van der Waals surface area contributed by atoms with Crippen LogP contribution in [0.1, 0.15) is 6.92 Å². The molecule has 6 nitrogen and oxygen atoms in total. The lowest BCUT2D eigenvalue weighted by Gasteiger charge is -2.04. The van der Waals surface area contributed by atoms with Gasteiger partial charge in [-0.2, -0.15) is 0 Å². The second kappa shape index (κ2) is 3.21. The molecule has 1 atom stereocenters. The Hall–Kier alpha value is -1.59. The molecule has 6 heteroatoms. The number of cyclic esters (lactones) is 2. The summed E-state index contributed by atoms with van der Waals surface area (Å²) in [6.07, 6.45) is -0.808. The van der Waals surface area contributed by atoms with Crippen LogP contribution in [0, 0.1) is 0 Å². The van der Waals surface area contributed by atoms with Crippen LogP contribution >= 0.6 is 0 Å². The van der Waals surface area contributed by atoms with Crippen molar-refractivity contribution in [1.82, 2.24) is 5.32 Å². The molecule has 1 aliphatic heterocycles. The highest BCUT2D eigenvalue weighted by atomic mass is 16.6. The van der Waals surface area contributed by atoms with Crippen molar-refractivity contribution in [3.05, 3.63) is 0 Å². The maximum Gasteiger partial charge on any atom is 0.415 e. The number of hydrogen-bond acceptors (Lipinski definition) is 5. The lowest BCUT2D eigenvalue weighted by molar-refractivity contribution is -0.144. The van der Waals surface area contributed by atoms with E-state index in [1.54, 1.807) is 0 Å². The highest BCUT2D eigenvalue weighted by Crippen LogP contribution is 2.00. The third kappa shape index (κ3) is 1.94. The molecule has 0 aromatic carbocycles. The van der Waals surface area contributed by atoms with Crippen LogP contribution in [0.25, 0.3) is 0 Å². The molecule has 66 valence electrons. The normalized spacial score (nSPS) is 21.6. The van der Waals surface area contributed by atoms with Crippen molar-refractivity contribution in [3.63, 3.8) is 0 Å². The smallest absolute Gasteiger partial charge is 0.415 e. The summed E-state index contributed by atoms with van der Waals surface area (Å²) < 4.78 is 8.62. The van der Waals surface area contributed by atoms with Gasteiger partial charge in [-0.3, -0.25) is 4.79 Å². The van der Waals surface area contributed by atoms with Crippen molar-refractivity contribution in [2.45, 2.75) is 13.0 Å². The molecule has 0 aromatic rings. The molecule has 0 saturated carbocycles. The molecule has 0 aliphatic carbocycles. The second-order valence-corrected chi connectivity index (χ2v) is 2.21. The Balaban J connectivity index is 2.38. The summed E-state index contributed by atoms with van der Waals surface area (Å²) in [7, 11) is 0. The minimum Gasteiger partial charge on any atom is -0.463 e. The van der Waals surface area contributed by atoms with Crippen molar-refractivity contribution in [2.75, 3.05) is 6.61 Å². The van der Waals surface area contributed by atoms with Gasteiger partial charge in [0.05, 0.1) is 0 Å². The molecule has 12 heavy (non-hydrogen) atoms. The predicted molar refractivity (Wildman–Crippen MR) is 35.0 cm³/mol. The Morgan fingerprint density at radius 3 is 2.75 bits per heavy atom. The molecule has 1 heterocycles. The fourth-order valence-corrected chi connectivity index (χ4v) is 0.704. The lowest BCUT2D eigenvalue weighted by atomic mass is 10.3. The van der Waals surface area contributed by atoms with E-state index >= 15 is 0 Å². The van der Waals surface area contributed by atoms with Crippen molar-refractivity contribution >= 4 is 18.0 Å². The zero-order valence-electron chi connectivity index (χ0n) is 6.33. The monoisotopic (exact) mass is 173 g/mol. The minimum absolute atomic E-state index is 0.181. The van der Waals surface area contributed by atoms with E-state index in [9.17, 15) is 14.4 Å². The summed E-state index contributed by atoms with van der Waals surface area (Å²) in [5, 5.41) is 2.17. The summed E-state index contributed by atoms with van der Waals surface area (Å²) >= 11 is 0. The molecule has 0 aromatic heterocycles. The first-order chi connectivity index (χ1) is 5.59. The number of ether oxygens (including phenoxy) is 2. The fraction of sp³-hybridized carbons (Fsp3) is 0.500. The van der Waals surface area contributed by atoms with E-state index in [0.29, 0.717) is 0 Å². The molecule has 0 spiro atoms. The standard InChI is InChI=1S/C6H7NO5/c1-3(8)11-2-4-5(9)12-6(10)7-4/h4H,2H2,1H3,(H,7,10)/t4-/m0/s1. The Morgan fingerprint density at radius 2 is 2.33 bits per heavy atom. The van der Waals surface area contributed by atoms with Crippen LogP contribution in [0.4, 0.5) is 4.79 Å². The molecule has 0 bridgehead atoms. The van der Waals surface area contributed by atoms with Crippen LogP contribution in [0.3, 0.4) is 0 Å². The van der Waals surface area contributed by atoms with Crippen LogP contribution < -0.4 is 5.32 Å². The Bertz CT molecular complexity index is 236. The summed E-state index contributed by atoms with van der Waals surface area (Å²) in [6, 6.07) is -0.860. The van der Waals surface area contributed by atoms with Gasteiger partial charge in [-0.25, -0.2) is 9.59 Å². The molecule has 0 unspecified atom stereocenters. The van der Waals surface area contributed by atoms with Crippen molar-refractivity contribution in [2.24, 2.45) is 0 Å². The van der Waals surface area contributed by atoms with Gasteiger partial charge in [-0.1, -0.05) is 0 Å². The third-order valence-corrected chi connectivity index (χ3v) is 1.22. The van der Waals surface area contributed by atoms with Crippen molar-refractivity contribution in [3.8, 4) is 0 Å². The number of esters is 2. The Kier molecular flexibility index (Phi) is 2.27. The van der Waals surface area contributed by atoms with E-state index in [2.05, 4.69) is 14.8 Å². The van der Waals surface area contributed by atoms with Crippen LogP contribution in [0.15, 0.2) is 0 Å². The van der Waals surface area contributed by atoms with Crippen molar-refractivity contribution < 1.29 is 23.9 Å². The molecular weight excluding hydrogens is 166 g/mol. The first-order valence-electron chi connectivity index (χ1n) is 3.25. The van der Waals surface area contributed by atoms with Gasteiger partial charge in [-0.15, -0.1) is 0 Å². The number of amides is 1. The minimum atomic E-state index is -0.860. The first kappa shape index (κ1) is 8.51. The largest absolute Gasteiger partial charge is 0.463 e.